The van der Waals surface area contributed by atoms with Gasteiger partial charge in [0.1, 0.15) is 11.8 Å². The standard InChI is InChI=1S/C27H28Cl2F5N3O5/c1-15(2)22(23(39)27(33,34)25(41)35-9-8-26(30,31)32)37-24(40)20(10-16-6-4-3-5-7-16)36-21(38)14-42-19-12-17(28)11-18(29)13-19/h3-7,11-13,15,20,22H,8-10,14H2,1-2H3,(H,35,41)(H,36,38)(H,37,40)/t20-,22-/m0/s1. The van der Waals surface area contributed by atoms with Gasteiger partial charge in [0.05, 0.1) is 12.5 Å². The number of nitrogens with one attached hydrogen (secondary N) is 3. The lowest BCUT2D eigenvalue weighted by atomic mass is 9.94. The summed E-state index contributed by atoms with van der Waals surface area (Å²) >= 11 is 11.8. The average molecular weight is 640 g/mol. The topological polar surface area (TPSA) is 114 Å². The fraction of sp³-hybridized carbons (Fsp3) is 0.407. The summed E-state index contributed by atoms with van der Waals surface area (Å²) in [5.74, 6) is -11.6. The Morgan fingerprint density at radius 1 is 0.905 bits per heavy atom. The summed E-state index contributed by atoms with van der Waals surface area (Å²) in [6.45, 7) is 0.876. The van der Waals surface area contributed by atoms with Crippen LogP contribution in [0, 0.1) is 5.92 Å². The molecule has 2 rings (SSSR count). The number of hydrogen-bond donors (Lipinski definition) is 3. The van der Waals surface area contributed by atoms with Crippen LogP contribution in [0.3, 0.4) is 0 Å². The van der Waals surface area contributed by atoms with Gasteiger partial charge in [-0.1, -0.05) is 67.4 Å². The fourth-order valence-electron chi connectivity index (χ4n) is 3.58. The van der Waals surface area contributed by atoms with Crippen molar-refractivity contribution in [2.24, 2.45) is 5.92 Å². The van der Waals surface area contributed by atoms with E-state index in [2.05, 4.69) is 10.6 Å². The molecule has 2 atom stereocenters. The van der Waals surface area contributed by atoms with E-state index < -0.39 is 73.2 Å². The van der Waals surface area contributed by atoms with Crippen LogP contribution < -0.4 is 20.7 Å². The molecular formula is C27H28Cl2F5N3O5. The summed E-state index contributed by atoms with van der Waals surface area (Å²) in [4.78, 5) is 50.5. The van der Waals surface area contributed by atoms with Gasteiger partial charge in [0.25, 0.3) is 11.8 Å². The van der Waals surface area contributed by atoms with E-state index in [0.717, 1.165) is 0 Å². The van der Waals surface area contributed by atoms with E-state index >= 15 is 0 Å². The Balaban J connectivity index is 2.18. The van der Waals surface area contributed by atoms with Crippen LogP contribution in [0.4, 0.5) is 22.0 Å². The van der Waals surface area contributed by atoms with Crippen LogP contribution in [0.2, 0.25) is 10.0 Å². The van der Waals surface area contributed by atoms with Gasteiger partial charge >= 0.3 is 12.1 Å². The smallest absolute Gasteiger partial charge is 0.390 e. The highest BCUT2D eigenvalue weighted by Gasteiger charge is 2.51. The zero-order valence-electron chi connectivity index (χ0n) is 22.4. The van der Waals surface area contributed by atoms with Gasteiger partial charge < -0.3 is 20.7 Å². The third-order valence-electron chi connectivity index (χ3n) is 5.68. The highest BCUT2D eigenvalue weighted by molar-refractivity contribution is 6.34. The lowest BCUT2D eigenvalue weighted by Crippen LogP contribution is -2.59. The van der Waals surface area contributed by atoms with Crippen LogP contribution in [-0.4, -0.2) is 60.8 Å². The summed E-state index contributed by atoms with van der Waals surface area (Å²) in [6.07, 6.45) is -6.41. The Labute approximate surface area is 248 Å². The van der Waals surface area contributed by atoms with Crippen molar-refractivity contribution in [1.82, 2.24) is 16.0 Å². The van der Waals surface area contributed by atoms with Crippen LogP contribution in [0.15, 0.2) is 48.5 Å². The molecule has 0 aliphatic rings. The Hall–Kier alpha value is -3.45. The van der Waals surface area contributed by atoms with Crippen LogP contribution in [0.5, 0.6) is 5.75 Å². The number of Topliss-reactive ketones (excluding diaryl/α,β-unsaturated/α-hetero) is 1. The first-order valence-corrected chi connectivity index (χ1v) is 13.2. The maximum atomic E-state index is 14.7. The van der Waals surface area contributed by atoms with Crippen molar-refractivity contribution in [2.45, 2.75) is 50.9 Å². The number of hydrogen-bond acceptors (Lipinski definition) is 5. The van der Waals surface area contributed by atoms with Gasteiger partial charge in [-0.2, -0.15) is 22.0 Å². The second-order valence-corrected chi connectivity index (χ2v) is 10.4. The van der Waals surface area contributed by atoms with Gasteiger partial charge in [-0.3, -0.25) is 19.2 Å². The predicted octanol–water partition coefficient (Wildman–Crippen LogP) is 4.51. The second-order valence-electron chi connectivity index (χ2n) is 9.49. The van der Waals surface area contributed by atoms with E-state index in [1.165, 1.54) is 37.4 Å². The third-order valence-corrected chi connectivity index (χ3v) is 6.11. The minimum absolute atomic E-state index is 0.116. The molecular weight excluding hydrogens is 612 g/mol. The lowest BCUT2D eigenvalue weighted by molar-refractivity contribution is -0.162. The number of amides is 3. The van der Waals surface area contributed by atoms with E-state index in [-0.39, 0.29) is 22.2 Å². The molecule has 0 aliphatic heterocycles. The lowest BCUT2D eigenvalue weighted by Gasteiger charge is -2.27. The van der Waals surface area contributed by atoms with Crippen LogP contribution >= 0.6 is 23.2 Å². The van der Waals surface area contributed by atoms with Crippen molar-refractivity contribution >= 4 is 46.7 Å². The molecule has 0 saturated carbocycles. The zero-order valence-corrected chi connectivity index (χ0v) is 23.9. The first-order valence-electron chi connectivity index (χ1n) is 12.5. The quantitative estimate of drug-likeness (QED) is 0.208. The molecule has 230 valence electrons. The number of halogens is 7. The Kier molecular flexibility index (Phi) is 12.5. The van der Waals surface area contributed by atoms with Crippen LogP contribution in [0.25, 0.3) is 0 Å². The first kappa shape index (κ1) is 34.7. The molecule has 0 heterocycles. The van der Waals surface area contributed by atoms with Gasteiger partial charge in [-0.25, -0.2) is 0 Å². The zero-order chi connectivity index (χ0) is 31.7. The largest absolute Gasteiger partial charge is 0.484 e. The second kappa shape index (κ2) is 15.1. The van der Waals surface area contributed by atoms with E-state index in [0.29, 0.717) is 5.56 Å². The fourth-order valence-corrected chi connectivity index (χ4v) is 4.09. The van der Waals surface area contributed by atoms with E-state index in [1.54, 1.807) is 30.3 Å². The Morgan fingerprint density at radius 3 is 2.05 bits per heavy atom. The van der Waals surface area contributed by atoms with E-state index in [9.17, 15) is 41.1 Å². The molecule has 0 saturated heterocycles. The van der Waals surface area contributed by atoms with Crippen LogP contribution in [-0.2, 0) is 25.6 Å². The molecule has 0 bridgehead atoms. The van der Waals surface area contributed by atoms with Crippen molar-refractivity contribution < 1.29 is 45.9 Å². The summed E-state index contributed by atoms with van der Waals surface area (Å²) in [6, 6.07) is 9.24. The summed E-state index contributed by atoms with van der Waals surface area (Å²) in [5, 5.41) is 6.46. The molecule has 15 heteroatoms. The van der Waals surface area contributed by atoms with Crippen LogP contribution in [0.1, 0.15) is 25.8 Å². The molecule has 3 N–H and O–H groups in total. The average Bonchev–Trinajstić information content (AvgIpc) is 2.88. The van der Waals surface area contributed by atoms with Crippen molar-refractivity contribution in [3.8, 4) is 5.75 Å². The van der Waals surface area contributed by atoms with Crippen molar-refractivity contribution in [3.05, 3.63) is 64.1 Å². The molecule has 0 spiro atoms. The minimum atomic E-state index is -4.75. The van der Waals surface area contributed by atoms with Crippen molar-refractivity contribution in [3.63, 3.8) is 0 Å². The summed E-state index contributed by atoms with van der Waals surface area (Å²) in [5.41, 5.74) is 0.572. The van der Waals surface area contributed by atoms with Crippen molar-refractivity contribution in [2.75, 3.05) is 13.2 Å². The number of ether oxygens (including phenoxy) is 1. The molecule has 2 aromatic rings. The molecule has 0 radical (unpaired) electrons. The predicted molar refractivity (Wildman–Crippen MR) is 144 cm³/mol. The van der Waals surface area contributed by atoms with Gasteiger partial charge in [0, 0.05) is 23.0 Å². The molecule has 0 unspecified atom stereocenters. The number of alkyl halides is 5. The molecule has 0 fully saturated rings. The Morgan fingerprint density at radius 2 is 1.50 bits per heavy atom. The third kappa shape index (κ3) is 11.1. The first-order chi connectivity index (χ1) is 19.5. The monoisotopic (exact) mass is 639 g/mol. The normalized spacial score (nSPS) is 13.2. The highest BCUT2D eigenvalue weighted by Crippen LogP contribution is 2.24. The highest BCUT2D eigenvalue weighted by atomic mass is 35.5. The molecule has 2 aromatic carbocycles. The molecule has 3 amide bonds. The summed E-state index contributed by atoms with van der Waals surface area (Å²) < 4.78 is 71.7. The summed E-state index contributed by atoms with van der Waals surface area (Å²) in [7, 11) is 0. The number of ketones is 1. The number of carbonyl (C=O) groups excluding carboxylic acids is 4. The number of benzene rings is 2. The molecule has 42 heavy (non-hydrogen) atoms. The van der Waals surface area contributed by atoms with Gasteiger partial charge in [0.15, 0.2) is 6.61 Å². The Bertz CT molecular complexity index is 1240. The molecule has 0 aromatic heterocycles. The number of carbonyl (C=O) groups is 4. The van der Waals surface area contributed by atoms with Gasteiger partial charge in [-0.05, 0) is 29.7 Å². The number of rotatable bonds is 14. The molecule has 8 nitrogen and oxygen atoms in total. The molecule has 0 aliphatic carbocycles. The van der Waals surface area contributed by atoms with Gasteiger partial charge in [-0.15, -0.1) is 0 Å². The van der Waals surface area contributed by atoms with E-state index in [1.807, 2.05) is 0 Å². The van der Waals surface area contributed by atoms with Gasteiger partial charge in [0.2, 0.25) is 11.7 Å². The minimum Gasteiger partial charge on any atom is -0.484 e. The SMILES string of the molecule is CC(C)[C@H](NC(=O)[C@H](Cc1ccccc1)NC(=O)COc1cc(Cl)cc(Cl)c1)C(=O)C(F)(F)C(=O)NCCC(F)(F)F. The maximum absolute atomic E-state index is 14.7. The maximum Gasteiger partial charge on any atom is 0.390 e. The van der Waals surface area contributed by atoms with E-state index in [4.69, 9.17) is 27.9 Å². The van der Waals surface area contributed by atoms with Crippen molar-refractivity contribution in [1.29, 1.82) is 0 Å².